The molecule has 0 radical (unpaired) electrons. The Bertz CT molecular complexity index is 815. The van der Waals surface area contributed by atoms with Gasteiger partial charge in [0.15, 0.2) is 0 Å². The van der Waals surface area contributed by atoms with Crippen LogP contribution in [0.1, 0.15) is 0 Å². The zero-order valence-electron chi connectivity index (χ0n) is 15.0. The third-order valence-corrected chi connectivity index (χ3v) is 6.47. The zero-order chi connectivity index (χ0) is 18.6. The Morgan fingerprint density at radius 2 is 1.85 bits per heavy atom. The predicted molar refractivity (Wildman–Crippen MR) is 97.0 cm³/mol. The number of ether oxygens (including phenoxy) is 2. The molecule has 3 rings (SSSR count). The fourth-order valence-corrected chi connectivity index (χ4v) is 4.59. The number of piperazine rings is 1. The molecule has 8 nitrogen and oxygen atoms in total. The van der Waals surface area contributed by atoms with Crippen LogP contribution >= 0.6 is 0 Å². The van der Waals surface area contributed by atoms with E-state index in [4.69, 9.17) is 9.47 Å². The van der Waals surface area contributed by atoms with Crippen LogP contribution in [0.25, 0.3) is 0 Å². The first-order valence-corrected chi connectivity index (χ1v) is 9.89. The number of rotatable bonds is 7. The Kier molecular flexibility index (Phi) is 5.80. The standard InChI is InChI=1S/C17H24N4O4S/c1-24-15-3-4-16(25-2)17(13-15)26(22,23)21-11-9-19(10-12-21)7-8-20-6-5-18-14-20/h3-6,13-14H,7-12H2,1-2H3. The van der Waals surface area contributed by atoms with Gasteiger partial charge < -0.3 is 14.0 Å². The quantitative estimate of drug-likeness (QED) is 0.711. The van der Waals surface area contributed by atoms with Gasteiger partial charge in [0.25, 0.3) is 0 Å². The smallest absolute Gasteiger partial charge is 0.246 e. The van der Waals surface area contributed by atoms with Crippen LogP contribution in [-0.2, 0) is 16.6 Å². The molecule has 0 bridgehead atoms. The van der Waals surface area contributed by atoms with E-state index in [0.29, 0.717) is 37.7 Å². The molecule has 2 aromatic rings. The van der Waals surface area contributed by atoms with E-state index in [0.717, 1.165) is 13.1 Å². The molecule has 0 N–H and O–H groups in total. The summed E-state index contributed by atoms with van der Waals surface area (Å²) in [5, 5.41) is 0. The fourth-order valence-electron chi connectivity index (χ4n) is 2.99. The molecule has 2 heterocycles. The van der Waals surface area contributed by atoms with Crippen LogP contribution in [-0.4, -0.2) is 74.1 Å². The highest BCUT2D eigenvalue weighted by Gasteiger charge is 2.31. The number of methoxy groups -OCH3 is 2. The lowest BCUT2D eigenvalue weighted by Gasteiger charge is -2.34. The maximum absolute atomic E-state index is 13.0. The van der Waals surface area contributed by atoms with Gasteiger partial charge in [-0.05, 0) is 12.1 Å². The van der Waals surface area contributed by atoms with Crippen LogP contribution in [0, 0.1) is 0 Å². The first kappa shape index (κ1) is 18.7. The molecule has 1 aliphatic heterocycles. The van der Waals surface area contributed by atoms with Gasteiger partial charge in [0.1, 0.15) is 16.4 Å². The van der Waals surface area contributed by atoms with Crippen molar-refractivity contribution in [2.75, 3.05) is 46.9 Å². The molecule has 1 aromatic heterocycles. The third-order valence-electron chi connectivity index (χ3n) is 4.55. The van der Waals surface area contributed by atoms with E-state index >= 15 is 0 Å². The molecule has 142 valence electrons. The summed E-state index contributed by atoms with van der Waals surface area (Å²) in [6.07, 6.45) is 5.47. The molecule has 0 aliphatic carbocycles. The monoisotopic (exact) mass is 380 g/mol. The number of imidazole rings is 1. The van der Waals surface area contributed by atoms with Crippen LogP contribution in [0.3, 0.4) is 0 Å². The first-order valence-electron chi connectivity index (χ1n) is 8.45. The summed E-state index contributed by atoms with van der Waals surface area (Å²) >= 11 is 0. The van der Waals surface area contributed by atoms with Crippen molar-refractivity contribution < 1.29 is 17.9 Å². The minimum atomic E-state index is -3.63. The molecule has 1 saturated heterocycles. The van der Waals surface area contributed by atoms with Gasteiger partial charge in [-0.25, -0.2) is 13.4 Å². The second-order valence-corrected chi connectivity index (χ2v) is 7.97. The van der Waals surface area contributed by atoms with Crippen molar-refractivity contribution in [2.45, 2.75) is 11.4 Å². The fraction of sp³-hybridized carbons (Fsp3) is 0.471. The zero-order valence-corrected chi connectivity index (χ0v) is 15.9. The Morgan fingerprint density at radius 1 is 1.08 bits per heavy atom. The lowest BCUT2D eigenvalue weighted by molar-refractivity contribution is 0.182. The van der Waals surface area contributed by atoms with Crippen molar-refractivity contribution in [1.29, 1.82) is 0 Å². The number of benzene rings is 1. The maximum Gasteiger partial charge on any atom is 0.246 e. The summed E-state index contributed by atoms with van der Waals surface area (Å²) in [5.41, 5.74) is 0. The molecule has 1 aromatic carbocycles. The highest BCUT2D eigenvalue weighted by molar-refractivity contribution is 7.89. The van der Waals surface area contributed by atoms with Crippen LogP contribution < -0.4 is 9.47 Å². The van der Waals surface area contributed by atoms with Gasteiger partial charge in [0.05, 0.1) is 20.5 Å². The molecule has 0 spiro atoms. The lowest BCUT2D eigenvalue weighted by Crippen LogP contribution is -2.49. The molecule has 1 aliphatic rings. The van der Waals surface area contributed by atoms with Crippen molar-refractivity contribution in [2.24, 2.45) is 0 Å². The van der Waals surface area contributed by atoms with E-state index in [-0.39, 0.29) is 4.90 Å². The van der Waals surface area contributed by atoms with E-state index in [1.807, 2.05) is 10.8 Å². The van der Waals surface area contributed by atoms with E-state index in [1.165, 1.54) is 24.6 Å². The van der Waals surface area contributed by atoms with E-state index in [1.54, 1.807) is 24.7 Å². The van der Waals surface area contributed by atoms with Crippen molar-refractivity contribution in [3.8, 4) is 11.5 Å². The normalized spacial score (nSPS) is 16.5. The minimum Gasteiger partial charge on any atom is -0.497 e. The van der Waals surface area contributed by atoms with Gasteiger partial charge in [-0.1, -0.05) is 0 Å². The SMILES string of the molecule is COc1ccc(OC)c(S(=O)(=O)N2CCN(CCn3ccnc3)CC2)c1. The van der Waals surface area contributed by atoms with Crippen LogP contribution in [0.5, 0.6) is 11.5 Å². The number of hydrogen-bond acceptors (Lipinski definition) is 6. The number of nitrogens with zero attached hydrogens (tertiary/aromatic N) is 4. The molecule has 1 fully saturated rings. The van der Waals surface area contributed by atoms with Crippen LogP contribution in [0.4, 0.5) is 0 Å². The van der Waals surface area contributed by atoms with Crippen LogP contribution in [0.2, 0.25) is 0 Å². The van der Waals surface area contributed by atoms with E-state index < -0.39 is 10.0 Å². The van der Waals surface area contributed by atoms with Gasteiger partial charge in [0.2, 0.25) is 10.0 Å². The second kappa shape index (κ2) is 8.07. The molecule has 0 amide bonds. The first-order chi connectivity index (χ1) is 12.5. The highest BCUT2D eigenvalue weighted by Crippen LogP contribution is 2.31. The van der Waals surface area contributed by atoms with Crippen molar-refractivity contribution in [1.82, 2.24) is 18.8 Å². The number of sulfonamides is 1. The van der Waals surface area contributed by atoms with Crippen molar-refractivity contribution >= 4 is 10.0 Å². The van der Waals surface area contributed by atoms with Crippen molar-refractivity contribution in [3.05, 3.63) is 36.9 Å². The summed E-state index contributed by atoms with van der Waals surface area (Å²) in [4.78, 5) is 6.43. The second-order valence-electron chi connectivity index (χ2n) is 6.06. The van der Waals surface area contributed by atoms with Gasteiger partial charge in [0, 0.05) is 57.7 Å². The number of aromatic nitrogens is 2. The molecular formula is C17H24N4O4S. The Hall–Kier alpha value is -2.10. The summed E-state index contributed by atoms with van der Waals surface area (Å²) < 4.78 is 40.0. The van der Waals surface area contributed by atoms with Gasteiger partial charge in [-0.15, -0.1) is 0 Å². The third kappa shape index (κ3) is 4.00. The Morgan fingerprint density at radius 3 is 2.46 bits per heavy atom. The predicted octanol–water partition coefficient (Wildman–Crippen LogP) is 0.907. The van der Waals surface area contributed by atoms with Crippen molar-refractivity contribution in [3.63, 3.8) is 0 Å². The minimum absolute atomic E-state index is 0.145. The van der Waals surface area contributed by atoms with E-state index in [2.05, 4.69) is 9.88 Å². The van der Waals surface area contributed by atoms with Gasteiger partial charge >= 0.3 is 0 Å². The molecule has 0 saturated carbocycles. The summed E-state index contributed by atoms with van der Waals surface area (Å²) in [6, 6.07) is 4.82. The van der Waals surface area contributed by atoms with E-state index in [9.17, 15) is 8.42 Å². The van der Waals surface area contributed by atoms with Gasteiger partial charge in [-0.3, -0.25) is 4.90 Å². The van der Waals surface area contributed by atoms with Crippen LogP contribution in [0.15, 0.2) is 41.8 Å². The summed E-state index contributed by atoms with van der Waals surface area (Å²) in [7, 11) is -0.654. The molecule has 0 unspecified atom stereocenters. The number of hydrogen-bond donors (Lipinski definition) is 0. The average Bonchev–Trinajstić information content (AvgIpc) is 3.19. The summed E-state index contributed by atoms with van der Waals surface area (Å²) in [6.45, 7) is 4.00. The molecular weight excluding hydrogens is 356 g/mol. The van der Waals surface area contributed by atoms with Gasteiger partial charge in [-0.2, -0.15) is 4.31 Å². The largest absolute Gasteiger partial charge is 0.497 e. The highest BCUT2D eigenvalue weighted by atomic mass is 32.2. The summed E-state index contributed by atoms with van der Waals surface area (Å²) in [5.74, 6) is 0.816. The molecule has 26 heavy (non-hydrogen) atoms. The topological polar surface area (TPSA) is 76.9 Å². The molecule has 0 atom stereocenters. The average molecular weight is 380 g/mol. The lowest BCUT2D eigenvalue weighted by atomic mass is 10.3. The molecule has 9 heteroatoms. The Labute approximate surface area is 154 Å². The Balaban J connectivity index is 1.66. The maximum atomic E-state index is 13.0.